The highest BCUT2D eigenvalue weighted by Gasteiger charge is 2.29. The lowest BCUT2D eigenvalue weighted by Crippen LogP contribution is -2.16. The van der Waals surface area contributed by atoms with Crippen molar-refractivity contribution in [1.82, 2.24) is 0 Å². The molecule has 0 fully saturated rings. The fraction of sp³-hybridized carbons (Fsp3) is 0.500. The normalized spacial score (nSPS) is 20.8. The summed E-state index contributed by atoms with van der Waals surface area (Å²) < 4.78 is 9.07. The number of methoxy groups -OCH3 is 2. The molecule has 72 valence electrons. The summed E-state index contributed by atoms with van der Waals surface area (Å²) >= 11 is 1.19. The Kier molecular flexibility index (Phi) is 3.36. The van der Waals surface area contributed by atoms with Crippen LogP contribution in [-0.4, -0.2) is 31.4 Å². The summed E-state index contributed by atoms with van der Waals surface area (Å²) in [5, 5.41) is -0.293. The van der Waals surface area contributed by atoms with Crippen LogP contribution in [0.4, 0.5) is 0 Å². The molecule has 0 N–H and O–H groups in total. The van der Waals surface area contributed by atoms with Gasteiger partial charge in [-0.15, -0.1) is 11.8 Å². The molecule has 1 heterocycles. The van der Waals surface area contributed by atoms with Gasteiger partial charge in [-0.2, -0.15) is 0 Å². The van der Waals surface area contributed by atoms with Crippen LogP contribution in [0, 0.1) is 0 Å². The maximum Gasteiger partial charge on any atom is 0.344 e. The summed E-state index contributed by atoms with van der Waals surface area (Å²) in [6.45, 7) is 0. The second kappa shape index (κ2) is 4.32. The van der Waals surface area contributed by atoms with E-state index in [4.69, 9.17) is 0 Å². The molecule has 5 heteroatoms. The number of carbonyl (C=O) groups excluding carboxylic acids is 2. The molecule has 0 spiro atoms. The third-order valence-electron chi connectivity index (χ3n) is 1.64. The van der Waals surface area contributed by atoms with Gasteiger partial charge < -0.3 is 9.47 Å². The quantitative estimate of drug-likeness (QED) is 0.618. The smallest absolute Gasteiger partial charge is 0.344 e. The Morgan fingerprint density at radius 1 is 1.46 bits per heavy atom. The highest BCUT2D eigenvalue weighted by molar-refractivity contribution is 8.05. The molecule has 0 amide bonds. The zero-order valence-electron chi connectivity index (χ0n) is 7.40. The SMILES string of the molecule is COC(=O)C1=CCC(C(=O)OC)S1. The maximum atomic E-state index is 11.0. The molecule has 0 aliphatic carbocycles. The minimum atomic E-state index is -0.392. The van der Waals surface area contributed by atoms with Crippen LogP contribution in [-0.2, 0) is 19.1 Å². The van der Waals surface area contributed by atoms with Crippen LogP contribution in [0.2, 0.25) is 0 Å². The van der Waals surface area contributed by atoms with Gasteiger partial charge >= 0.3 is 11.9 Å². The highest BCUT2D eigenvalue weighted by Crippen LogP contribution is 2.33. The first-order valence-electron chi connectivity index (χ1n) is 3.72. The monoisotopic (exact) mass is 202 g/mol. The van der Waals surface area contributed by atoms with Gasteiger partial charge in [-0.1, -0.05) is 6.08 Å². The first kappa shape index (κ1) is 10.1. The molecule has 4 nitrogen and oxygen atoms in total. The van der Waals surface area contributed by atoms with Crippen LogP contribution in [0.1, 0.15) is 6.42 Å². The number of carbonyl (C=O) groups is 2. The molecule has 1 aliphatic rings. The summed E-state index contributed by atoms with van der Waals surface area (Å²) in [6.07, 6.45) is 2.22. The predicted molar refractivity (Wildman–Crippen MR) is 48.1 cm³/mol. The van der Waals surface area contributed by atoms with Gasteiger partial charge in [0.15, 0.2) is 0 Å². The van der Waals surface area contributed by atoms with Gasteiger partial charge in [0.2, 0.25) is 0 Å². The van der Waals surface area contributed by atoms with E-state index in [9.17, 15) is 9.59 Å². The average Bonchev–Trinajstić information content (AvgIpc) is 2.64. The van der Waals surface area contributed by atoms with Gasteiger partial charge in [0.1, 0.15) is 5.25 Å². The van der Waals surface area contributed by atoms with E-state index in [-0.39, 0.29) is 11.2 Å². The van der Waals surface area contributed by atoms with Crippen molar-refractivity contribution in [3.63, 3.8) is 0 Å². The molecule has 1 atom stereocenters. The average molecular weight is 202 g/mol. The largest absolute Gasteiger partial charge is 0.468 e. The van der Waals surface area contributed by atoms with E-state index >= 15 is 0 Å². The Morgan fingerprint density at radius 2 is 2.15 bits per heavy atom. The van der Waals surface area contributed by atoms with Crippen molar-refractivity contribution >= 4 is 23.7 Å². The van der Waals surface area contributed by atoms with Crippen LogP contribution in [0.25, 0.3) is 0 Å². The lowest BCUT2D eigenvalue weighted by atomic mass is 10.3. The maximum absolute atomic E-state index is 11.0. The third-order valence-corrected chi connectivity index (χ3v) is 2.89. The first-order chi connectivity index (χ1) is 6.19. The van der Waals surface area contributed by atoms with E-state index in [1.54, 1.807) is 6.08 Å². The van der Waals surface area contributed by atoms with Crippen molar-refractivity contribution in [2.24, 2.45) is 0 Å². The number of esters is 2. The van der Waals surface area contributed by atoms with E-state index < -0.39 is 5.97 Å². The second-order valence-corrected chi connectivity index (χ2v) is 3.67. The van der Waals surface area contributed by atoms with Crippen molar-refractivity contribution < 1.29 is 19.1 Å². The van der Waals surface area contributed by atoms with Gasteiger partial charge in [-0.3, -0.25) is 4.79 Å². The topological polar surface area (TPSA) is 52.6 Å². The van der Waals surface area contributed by atoms with E-state index in [1.165, 1.54) is 26.0 Å². The molecule has 0 saturated carbocycles. The minimum Gasteiger partial charge on any atom is -0.468 e. The van der Waals surface area contributed by atoms with Gasteiger partial charge in [0, 0.05) is 0 Å². The molecule has 0 radical (unpaired) electrons. The van der Waals surface area contributed by atoms with Crippen molar-refractivity contribution in [2.45, 2.75) is 11.7 Å². The number of allylic oxidation sites excluding steroid dienone is 1. The summed E-state index contributed by atoms with van der Waals surface area (Å²) in [5.74, 6) is -0.698. The molecule has 13 heavy (non-hydrogen) atoms. The van der Waals surface area contributed by atoms with Crippen LogP contribution in [0.3, 0.4) is 0 Å². The number of hydrogen-bond donors (Lipinski definition) is 0. The van der Waals surface area contributed by atoms with Crippen molar-refractivity contribution in [3.05, 3.63) is 11.0 Å². The Morgan fingerprint density at radius 3 is 2.69 bits per heavy atom. The highest BCUT2D eigenvalue weighted by atomic mass is 32.2. The molecule has 1 unspecified atom stereocenters. The van der Waals surface area contributed by atoms with Crippen molar-refractivity contribution in [3.8, 4) is 0 Å². The van der Waals surface area contributed by atoms with Crippen LogP contribution >= 0.6 is 11.8 Å². The van der Waals surface area contributed by atoms with Gasteiger partial charge in [-0.05, 0) is 6.42 Å². The van der Waals surface area contributed by atoms with E-state index in [2.05, 4.69) is 9.47 Å². The summed E-state index contributed by atoms with van der Waals surface area (Å²) in [4.78, 5) is 22.5. The molecule has 0 aromatic rings. The van der Waals surface area contributed by atoms with Crippen LogP contribution in [0.5, 0.6) is 0 Å². The second-order valence-electron chi connectivity index (χ2n) is 2.43. The molecule has 0 aromatic heterocycles. The summed E-state index contributed by atoms with van der Waals surface area (Å²) in [7, 11) is 2.65. The fourth-order valence-electron chi connectivity index (χ4n) is 0.971. The summed E-state index contributed by atoms with van der Waals surface area (Å²) in [5.41, 5.74) is 0. The number of rotatable bonds is 2. The number of hydrogen-bond acceptors (Lipinski definition) is 5. The molecule has 0 aromatic carbocycles. The van der Waals surface area contributed by atoms with Crippen LogP contribution < -0.4 is 0 Å². The van der Waals surface area contributed by atoms with Crippen LogP contribution in [0.15, 0.2) is 11.0 Å². The zero-order valence-corrected chi connectivity index (χ0v) is 8.22. The van der Waals surface area contributed by atoms with Gasteiger partial charge in [-0.25, -0.2) is 4.79 Å². The lowest BCUT2D eigenvalue weighted by Gasteiger charge is -2.05. The molecule has 1 rings (SSSR count). The van der Waals surface area contributed by atoms with Crippen molar-refractivity contribution in [2.75, 3.05) is 14.2 Å². The molecular weight excluding hydrogens is 192 g/mol. The standard InChI is InChI=1S/C8H10O4S/c1-11-7(9)5-3-4-6(13-5)8(10)12-2/h3,6H,4H2,1-2H3. The molecule has 0 bridgehead atoms. The fourth-order valence-corrected chi connectivity index (χ4v) is 2.03. The van der Waals surface area contributed by atoms with Crippen molar-refractivity contribution in [1.29, 1.82) is 0 Å². The Hall–Kier alpha value is -0.970. The van der Waals surface area contributed by atoms with Gasteiger partial charge in [0.25, 0.3) is 0 Å². The number of ether oxygens (including phenoxy) is 2. The minimum absolute atomic E-state index is 0.293. The van der Waals surface area contributed by atoms with Gasteiger partial charge in [0.05, 0.1) is 19.1 Å². The molecule has 0 saturated heterocycles. The Labute approximate surface area is 80.3 Å². The first-order valence-corrected chi connectivity index (χ1v) is 4.60. The van der Waals surface area contributed by atoms with E-state index in [1.807, 2.05) is 0 Å². The lowest BCUT2D eigenvalue weighted by molar-refractivity contribution is -0.139. The number of thioether (sulfide) groups is 1. The van der Waals surface area contributed by atoms with E-state index in [0.717, 1.165) is 0 Å². The third kappa shape index (κ3) is 2.24. The zero-order chi connectivity index (χ0) is 9.84. The predicted octanol–water partition coefficient (Wildman–Crippen LogP) is 0.722. The van der Waals surface area contributed by atoms with E-state index in [0.29, 0.717) is 11.3 Å². The molecule has 1 aliphatic heterocycles. The Balaban J connectivity index is 2.51. The summed E-state index contributed by atoms with van der Waals surface area (Å²) in [6, 6.07) is 0. The molecular formula is C8H10O4S. The Bertz CT molecular complexity index is 259.